The van der Waals surface area contributed by atoms with Gasteiger partial charge in [-0.3, -0.25) is 0 Å². The minimum absolute atomic E-state index is 0.149. The van der Waals surface area contributed by atoms with Crippen molar-refractivity contribution in [1.82, 2.24) is 0 Å². The highest BCUT2D eigenvalue weighted by atomic mass is 16.5. The van der Waals surface area contributed by atoms with Crippen LogP contribution in [0.5, 0.6) is 5.75 Å². The Hall–Kier alpha value is -1.60. The molecule has 0 spiro atoms. The van der Waals surface area contributed by atoms with E-state index in [2.05, 4.69) is 24.9 Å². The van der Waals surface area contributed by atoms with E-state index in [-0.39, 0.29) is 5.60 Å². The van der Waals surface area contributed by atoms with E-state index in [9.17, 15) is 4.79 Å². The van der Waals surface area contributed by atoms with Crippen molar-refractivity contribution in [2.75, 3.05) is 0 Å². The maximum absolute atomic E-state index is 10.1. The number of benzene rings is 1. The van der Waals surface area contributed by atoms with Crippen molar-refractivity contribution in [3.05, 3.63) is 29.3 Å². The molecule has 78 valence electrons. The van der Waals surface area contributed by atoms with Gasteiger partial charge in [0.2, 0.25) is 6.08 Å². The molecule has 2 rings (SSSR count). The number of hydrogen-bond acceptors (Lipinski definition) is 3. The highest BCUT2D eigenvalue weighted by Crippen LogP contribution is 2.37. The number of ether oxygens (including phenoxy) is 1. The van der Waals surface area contributed by atoms with E-state index < -0.39 is 0 Å². The van der Waals surface area contributed by atoms with E-state index in [0.29, 0.717) is 6.54 Å². The third kappa shape index (κ3) is 1.92. The monoisotopic (exact) mass is 203 g/mol. The Morgan fingerprint density at radius 1 is 1.53 bits per heavy atom. The van der Waals surface area contributed by atoms with Crippen LogP contribution < -0.4 is 4.74 Å². The molecule has 3 heteroatoms. The third-order valence-electron chi connectivity index (χ3n) is 2.49. The number of fused-ring (bicyclic) bond motifs is 1. The lowest BCUT2D eigenvalue weighted by molar-refractivity contribution is 0.137. The highest BCUT2D eigenvalue weighted by molar-refractivity contribution is 5.46. The summed E-state index contributed by atoms with van der Waals surface area (Å²) in [7, 11) is 0. The molecule has 1 aliphatic heterocycles. The van der Waals surface area contributed by atoms with E-state index in [0.717, 1.165) is 17.7 Å². The third-order valence-corrected chi connectivity index (χ3v) is 2.49. The molecule has 0 aromatic heterocycles. The molecule has 0 atom stereocenters. The normalized spacial score (nSPS) is 16.4. The standard InChI is InChI=1S/C12H13NO2/c1-12(2)6-9-4-3-5-10(7-13-8-14)11(9)15-12/h3-5H,6-7H2,1-2H3. The van der Waals surface area contributed by atoms with E-state index >= 15 is 0 Å². The van der Waals surface area contributed by atoms with Gasteiger partial charge >= 0.3 is 0 Å². The van der Waals surface area contributed by atoms with E-state index in [1.165, 1.54) is 5.56 Å². The van der Waals surface area contributed by atoms with Crippen molar-refractivity contribution in [3.63, 3.8) is 0 Å². The first kappa shape index (κ1) is 9.94. The zero-order valence-corrected chi connectivity index (χ0v) is 8.91. The fourth-order valence-corrected chi connectivity index (χ4v) is 1.92. The predicted molar refractivity (Wildman–Crippen MR) is 56.7 cm³/mol. The predicted octanol–water partition coefficient (Wildman–Crippen LogP) is 2.24. The Bertz CT molecular complexity index is 431. The number of isocyanates is 1. The molecule has 0 aliphatic carbocycles. The molecule has 0 unspecified atom stereocenters. The number of para-hydroxylation sites is 1. The highest BCUT2D eigenvalue weighted by Gasteiger charge is 2.31. The van der Waals surface area contributed by atoms with Crippen LogP contribution in [0.15, 0.2) is 23.2 Å². The number of nitrogens with zero attached hydrogens (tertiary/aromatic N) is 1. The average molecular weight is 203 g/mol. The van der Waals surface area contributed by atoms with Crippen LogP contribution in [0, 0.1) is 0 Å². The minimum atomic E-state index is -0.149. The molecule has 1 aliphatic rings. The van der Waals surface area contributed by atoms with Crippen LogP contribution >= 0.6 is 0 Å². The van der Waals surface area contributed by atoms with Gasteiger partial charge in [-0.05, 0) is 19.4 Å². The Morgan fingerprint density at radius 2 is 2.33 bits per heavy atom. The molecule has 0 amide bonds. The number of aliphatic imine (C=N–C) groups is 1. The van der Waals surface area contributed by atoms with E-state index in [1.807, 2.05) is 12.1 Å². The molecule has 0 N–H and O–H groups in total. The van der Waals surface area contributed by atoms with Crippen molar-refractivity contribution < 1.29 is 9.53 Å². The average Bonchev–Trinajstić information content (AvgIpc) is 2.49. The first-order chi connectivity index (χ1) is 7.12. The van der Waals surface area contributed by atoms with Gasteiger partial charge in [0.05, 0.1) is 6.54 Å². The quantitative estimate of drug-likeness (QED) is 0.546. The minimum Gasteiger partial charge on any atom is -0.487 e. The summed E-state index contributed by atoms with van der Waals surface area (Å²) >= 11 is 0. The molecule has 0 radical (unpaired) electrons. The Morgan fingerprint density at radius 3 is 3.07 bits per heavy atom. The molecule has 0 saturated heterocycles. The van der Waals surface area contributed by atoms with Crippen molar-refractivity contribution in [3.8, 4) is 5.75 Å². The van der Waals surface area contributed by atoms with Gasteiger partial charge in [-0.2, -0.15) is 0 Å². The maximum Gasteiger partial charge on any atom is 0.235 e. The van der Waals surface area contributed by atoms with Crippen LogP contribution in [0.3, 0.4) is 0 Å². The van der Waals surface area contributed by atoms with Gasteiger partial charge in [0, 0.05) is 12.0 Å². The summed E-state index contributed by atoms with van der Waals surface area (Å²) in [6.45, 7) is 4.46. The second kappa shape index (κ2) is 3.52. The summed E-state index contributed by atoms with van der Waals surface area (Å²) in [5, 5.41) is 0. The molecule has 1 heterocycles. The van der Waals surface area contributed by atoms with Gasteiger partial charge in [0.1, 0.15) is 11.4 Å². The van der Waals surface area contributed by atoms with Gasteiger partial charge in [0.15, 0.2) is 0 Å². The summed E-state index contributed by atoms with van der Waals surface area (Å²) in [5.41, 5.74) is 2.00. The largest absolute Gasteiger partial charge is 0.487 e. The van der Waals surface area contributed by atoms with Crippen molar-refractivity contribution >= 4 is 6.08 Å². The van der Waals surface area contributed by atoms with Crippen LogP contribution in [-0.4, -0.2) is 11.7 Å². The smallest absolute Gasteiger partial charge is 0.235 e. The van der Waals surface area contributed by atoms with Gasteiger partial charge in [0.25, 0.3) is 0 Å². The lowest BCUT2D eigenvalue weighted by atomic mass is 10.0. The van der Waals surface area contributed by atoms with Crippen LogP contribution in [0.4, 0.5) is 0 Å². The maximum atomic E-state index is 10.1. The molecule has 3 nitrogen and oxygen atoms in total. The second-order valence-electron chi connectivity index (χ2n) is 4.35. The molecule has 1 aromatic rings. The van der Waals surface area contributed by atoms with Crippen LogP contribution in [0.1, 0.15) is 25.0 Å². The van der Waals surface area contributed by atoms with Gasteiger partial charge in [-0.25, -0.2) is 9.79 Å². The Labute approximate surface area is 88.8 Å². The first-order valence-electron chi connectivity index (χ1n) is 4.96. The SMILES string of the molecule is CC1(C)Cc2cccc(CN=C=O)c2O1. The first-order valence-corrected chi connectivity index (χ1v) is 4.96. The lowest BCUT2D eigenvalue weighted by Crippen LogP contribution is -2.24. The molecular formula is C12H13NO2. The summed E-state index contributed by atoms with van der Waals surface area (Å²) in [6.07, 6.45) is 2.45. The van der Waals surface area contributed by atoms with Crippen molar-refractivity contribution in [1.29, 1.82) is 0 Å². The zero-order chi connectivity index (χ0) is 10.9. The Balaban J connectivity index is 2.37. The molecular weight excluding hydrogens is 190 g/mol. The topological polar surface area (TPSA) is 38.7 Å². The molecule has 1 aromatic carbocycles. The van der Waals surface area contributed by atoms with Gasteiger partial charge in [-0.1, -0.05) is 18.2 Å². The summed E-state index contributed by atoms with van der Waals surface area (Å²) in [6, 6.07) is 5.96. The second-order valence-corrected chi connectivity index (χ2v) is 4.35. The lowest BCUT2D eigenvalue weighted by Gasteiger charge is -2.17. The molecule has 15 heavy (non-hydrogen) atoms. The number of hydrogen-bond donors (Lipinski definition) is 0. The van der Waals surface area contributed by atoms with Gasteiger partial charge in [-0.15, -0.1) is 0 Å². The van der Waals surface area contributed by atoms with Crippen LogP contribution in [-0.2, 0) is 17.8 Å². The van der Waals surface area contributed by atoms with E-state index in [1.54, 1.807) is 6.08 Å². The van der Waals surface area contributed by atoms with E-state index in [4.69, 9.17) is 4.74 Å². The molecule has 0 fully saturated rings. The number of rotatable bonds is 2. The molecule has 0 saturated carbocycles. The zero-order valence-electron chi connectivity index (χ0n) is 8.91. The Kier molecular flexibility index (Phi) is 2.33. The van der Waals surface area contributed by atoms with Crippen LogP contribution in [0.2, 0.25) is 0 Å². The summed E-state index contributed by atoms with van der Waals surface area (Å²) < 4.78 is 5.83. The van der Waals surface area contributed by atoms with Crippen molar-refractivity contribution in [2.24, 2.45) is 4.99 Å². The van der Waals surface area contributed by atoms with Crippen LogP contribution in [0.25, 0.3) is 0 Å². The molecule has 0 bridgehead atoms. The summed E-state index contributed by atoms with van der Waals surface area (Å²) in [5.74, 6) is 0.890. The van der Waals surface area contributed by atoms with Gasteiger partial charge < -0.3 is 4.74 Å². The number of carbonyl (C=O) groups excluding carboxylic acids is 1. The summed E-state index contributed by atoms with van der Waals surface area (Å²) in [4.78, 5) is 13.7. The fourth-order valence-electron chi connectivity index (χ4n) is 1.92. The fraction of sp³-hybridized carbons (Fsp3) is 0.417. The van der Waals surface area contributed by atoms with Crippen molar-refractivity contribution in [2.45, 2.75) is 32.4 Å².